The Hall–Kier alpha value is -2.54. The van der Waals surface area contributed by atoms with Gasteiger partial charge in [-0.15, -0.1) is 11.3 Å². The number of amides is 1. The van der Waals surface area contributed by atoms with Gasteiger partial charge in [-0.2, -0.15) is 0 Å². The molecule has 0 bridgehead atoms. The summed E-state index contributed by atoms with van der Waals surface area (Å²) in [6.07, 6.45) is 1.42. The van der Waals surface area contributed by atoms with E-state index in [0.29, 0.717) is 16.5 Å². The normalized spacial score (nSPS) is 10.7. The summed E-state index contributed by atoms with van der Waals surface area (Å²) in [5.41, 5.74) is 0.714. The van der Waals surface area contributed by atoms with Crippen molar-refractivity contribution in [2.45, 2.75) is 6.92 Å². The number of nitrogens with one attached hydrogen (secondary N) is 1. The molecular weight excluding hydrogens is 310 g/mol. The fourth-order valence-electron chi connectivity index (χ4n) is 1.93. The molecule has 112 valence electrons. The van der Waals surface area contributed by atoms with Crippen molar-refractivity contribution in [3.63, 3.8) is 0 Å². The molecule has 1 aromatic carbocycles. The van der Waals surface area contributed by atoms with Crippen molar-refractivity contribution >= 4 is 22.4 Å². The molecule has 0 atom stereocenters. The number of benzene rings is 1. The van der Waals surface area contributed by atoms with E-state index in [9.17, 15) is 13.6 Å². The van der Waals surface area contributed by atoms with E-state index in [2.05, 4.69) is 10.3 Å². The van der Waals surface area contributed by atoms with Crippen LogP contribution in [0.1, 0.15) is 16.1 Å². The van der Waals surface area contributed by atoms with Gasteiger partial charge in [0, 0.05) is 10.9 Å². The van der Waals surface area contributed by atoms with E-state index < -0.39 is 11.6 Å². The fraction of sp³-hybridized carbons (Fsp3) is 0.0667. The molecule has 0 aliphatic rings. The van der Waals surface area contributed by atoms with Gasteiger partial charge in [0.15, 0.2) is 5.13 Å². The Labute approximate surface area is 128 Å². The summed E-state index contributed by atoms with van der Waals surface area (Å²) in [5.74, 6) is -1.00. The highest BCUT2D eigenvalue weighted by Gasteiger charge is 2.15. The number of thiazole rings is 1. The molecular formula is C15H10F2N2O2S. The van der Waals surface area contributed by atoms with E-state index >= 15 is 0 Å². The molecule has 0 aliphatic carbocycles. The summed E-state index contributed by atoms with van der Waals surface area (Å²) >= 11 is 1.13. The molecule has 0 aliphatic heterocycles. The third kappa shape index (κ3) is 2.75. The summed E-state index contributed by atoms with van der Waals surface area (Å²) in [5, 5.41) is 4.45. The number of furan rings is 1. The maximum absolute atomic E-state index is 13.7. The van der Waals surface area contributed by atoms with Crippen LogP contribution in [0.15, 0.2) is 40.3 Å². The smallest absolute Gasteiger partial charge is 0.260 e. The van der Waals surface area contributed by atoms with Gasteiger partial charge in [-0.1, -0.05) is 0 Å². The first kappa shape index (κ1) is 14.4. The highest BCUT2D eigenvalue weighted by Crippen LogP contribution is 2.28. The number of nitrogens with zero attached hydrogens (tertiary/aromatic N) is 1. The molecule has 1 N–H and O–H groups in total. The summed E-state index contributed by atoms with van der Waals surface area (Å²) in [4.78, 5) is 16.1. The lowest BCUT2D eigenvalue weighted by atomic mass is 10.1. The van der Waals surface area contributed by atoms with Gasteiger partial charge in [0.25, 0.3) is 5.91 Å². The highest BCUT2D eigenvalue weighted by molar-refractivity contribution is 7.14. The number of aromatic nitrogens is 1. The molecule has 2 heterocycles. The Morgan fingerprint density at radius 3 is 2.86 bits per heavy atom. The molecule has 3 rings (SSSR count). The largest absolute Gasteiger partial charge is 0.469 e. The minimum absolute atomic E-state index is 0.0521. The van der Waals surface area contributed by atoms with Crippen LogP contribution in [0.2, 0.25) is 0 Å². The van der Waals surface area contributed by atoms with Crippen LogP contribution >= 0.6 is 11.3 Å². The van der Waals surface area contributed by atoms with Crippen molar-refractivity contribution in [2.75, 3.05) is 5.32 Å². The summed E-state index contributed by atoms with van der Waals surface area (Å²) in [6, 6.07) is 4.69. The summed E-state index contributed by atoms with van der Waals surface area (Å²) < 4.78 is 32.0. The fourth-order valence-corrected chi connectivity index (χ4v) is 2.64. The predicted octanol–water partition coefficient (Wildman–Crippen LogP) is 4.24. The molecule has 2 aromatic heterocycles. The van der Waals surface area contributed by atoms with Crippen molar-refractivity contribution in [2.24, 2.45) is 0 Å². The first-order chi connectivity index (χ1) is 10.5. The van der Waals surface area contributed by atoms with Gasteiger partial charge in [0.2, 0.25) is 0 Å². The number of anilines is 1. The van der Waals surface area contributed by atoms with Crippen LogP contribution in [0.4, 0.5) is 13.9 Å². The quantitative estimate of drug-likeness (QED) is 0.785. The van der Waals surface area contributed by atoms with Gasteiger partial charge in [0.1, 0.15) is 17.4 Å². The Bertz CT molecular complexity index is 842. The predicted molar refractivity (Wildman–Crippen MR) is 78.9 cm³/mol. The highest BCUT2D eigenvalue weighted by atomic mass is 32.1. The standard InChI is InChI=1S/C15H10F2N2O2S/c1-8-10(4-5-21-8)14(20)19-15-18-13(7-22-15)11-6-9(16)2-3-12(11)17/h2-7H,1H3,(H,18,19,20). The van der Waals surface area contributed by atoms with E-state index in [1.54, 1.807) is 18.4 Å². The van der Waals surface area contributed by atoms with Crippen LogP contribution in [0.5, 0.6) is 0 Å². The maximum atomic E-state index is 13.7. The van der Waals surface area contributed by atoms with Crippen molar-refractivity contribution in [3.05, 3.63) is 58.9 Å². The maximum Gasteiger partial charge on any atom is 0.260 e. The molecule has 22 heavy (non-hydrogen) atoms. The molecule has 0 fully saturated rings. The lowest BCUT2D eigenvalue weighted by Crippen LogP contribution is -2.11. The lowest BCUT2D eigenvalue weighted by Gasteiger charge is -2.01. The van der Waals surface area contributed by atoms with Gasteiger partial charge in [-0.05, 0) is 31.2 Å². The van der Waals surface area contributed by atoms with Crippen LogP contribution < -0.4 is 5.32 Å². The zero-order chi connectivity index (χ0) is 15.7. The number of aryl methyl sites for hydroxylation is 1. The molecule has 3 aromatic rings. The third-order valence-electron chi connectivity index (χ3n) is 3.03. The minimum Gasteiger partial charge on any atom is -0.469 e. The molecule has 0 spiro atoms. The van der Waals surface area contributed by atoms with E-state index in [1.165, 1.54) is 6.26 Å². The number of hydrogen-bond donors (Lipinski definition) is 1. The van der Waals surface area contributed by atoms with Gasteiger partial charge in [0.05, 0.1) is 17.5 Å². The van der Waals surface area contributed by atoms with Gasteiger partial charge in [-0.25, -0.2) is 13.8 Å². The van der Waals surface area contributed by atoms with Crippen molar-refractivity contribution < 1.29 is 18.0 Å². The summed E-state index contributed by atoms with van der Waals surface area (Å²) in [7, 11) is 0. The van der Waals surface area contributed by atoms with Crippen LogP contribution in [-0.2, 0) is 0 Å². The number of carbonyl (C=O) groups is 1. The Morgan fingerprint density at radius 1 is 1.32 bits per heavy atom. The second kappa shape index (κ2) is 5.69. The van der Waals surface area contributed by atoms with Crippen LogP contribution in [0.25, 0.3) is 11.3 Å². The van der Waals surface area contributed by atoms with E-state index in [1.807, 2.05) is 0 Å². The second-order valence-corrected chi connectivity index (χ2v) is 5.36. The monoisotopic (exact) mass is 320 g/mol. The lowest BCUT2D eigenvalue weighted by molar-refractivity contribution is 0.102. The molecule has 0 saturated heterocycles. The molecule has 0 radical (unpaired) electrons. The molecule has 7 heteroatoms. The molecule has 0 unspecified atom stereocenters. The first-order valence-electron chi connectivity index (χ1n) is 6.31. The molecule has 1 amide bonds. The van der Waals surface area contributed by atoms with Gasteiger partial charge < -0.3 is 4.42 Å². The van der Waals surface area contributed by atoms with Crippen LogP contribution in [0, 0.1) is 18.6 Å². The summed E-state index contributed by atoms with van der Waals surface area (Å²) in [6.45, 7) is 1.67. The molecule has 4 nitrogen and oxygen atoms in total. The van der Waals surface area contributed by atoms with Crippen LogP contribution in [-0.4, -0.2) is 10.9 Å². The number of rotatable bonds is 3. The van der Waals surface area contributed by atoms with Gasteiger partial charge in [-0.3, -0.25) is 10.1 Å². The van der Waals surface area contributed by atoms with E-state index in [0.717, 1.165) is 29.5 Å². The van der Waals surface area contributed by atoms with Gasteiger partial charge >= 0.3 is 0 Å². The minimum atomic E-state index is -0.574. The average Bonchev–Trinajstić information content (AvgIpc) is 3.10. The number of halogens is 2. The molecule has 0 saturated carbocycles. The van der Waals surface area contributed by atoms with E-state index in [4.69, 9.17) is 4.42 Å². The Balaban J connectivity index is 1.84. The Kier molecular flexibility index (Phi) is 3.72. The Morgan fingerprint density at radius 2 is 2.14 bits per heavy atom. The SMILES string of the molecule is Cc1occc1C(=O)Nc1nc(-c2cc(F)ccc2F)cs1. The van der Waals surface area contributed by atoms with Crippen molar-refractivity contribution in [3.8, 4) is 11.3 Å². The topological polar surface area (TPSA) is 55.1 Å². The first-order valence-corrected chi connectivity index (χ1v) is 7.19. The number of carbonyl (C=O) groups excluding carboxylic acids is 1. The second-order valence-electron chi connectivity index (χ2n) is 4.51. The zero-order valence-corrected chi connectivity index (χ0v) is 12.2. The van der Waals surface area contributed by atoms with Crippen molar-refractivity contribution in [1.82, 2.24) is 4.98 Å². The third-order valence-corrected chi connectivity index (χ3v) is 3.79. The van der Waals surface area contributed by atoms with E-state index in [-0.39, 0.29) is 17.2 Å². The van der Waals surface area contributed by atoms with Crippen LogP contribution in [0.3, 0.4) is 0 Å². The van der Waals surface area contributed by atoms with Crippen molar-refractivity contribution in [1.29, 1.82) is 0 Å². The zero-order valence-electron chi connectivity index (χ0n) is 11.4. The number of hydrogen-bond acceptors (Lipinski definition) is 4. The average molecular weight is 320 g/mol.